The Morgan fingerprint density at radius 2 is 1.88 bits per heavy atom. The molecule has 0 aliphatic rings. The molecule has 0 aliphatic heterocycles. The Morgan fingerprint density at radius 1 is 1.20 bits per heavy atom. The predicted molar refractivity (Wildman–Crippen MR) is 91.2 cm³/mol. The first-order valence-corrected chi connectivity index (χ1v) is 7.39. The van der Waals surface area contributed by atoms with Gasteiger partial charge in [0.25, 0.3) is 5.69 Å². The predicted octanol–water partition coefficient (Wildman–Crippen LogP) is 2.34. The normalized spacial score (nSPS) is 11.0. The summed E-state index contributed by atoms with van der Waals surface area (Å²) in [7, 11) is 0. The van der Waals surface area contributed by atoms with Crippen LogP contribution in [0.15, 0.2) is 53.7 Å². The molecular weight excluding hydrogens is 326 g/mol. The second kappa shape index (κ2) is 8.44. The van der Waals surface area contributed by atoms with Crippen molar-refractivity contribution in [3.05, 3.63) is 69.8 Å². The number of rotatable bonds is 7. The highest BCUT2D eigenvalue weighted by Gasteiger charge is 2.08. The molecule has 2 rings (SSSR count). The Balaban J connectivity index is 1.82. The van der Waals surface area contributed by atoms with Gasteiger partial charge in [-0.05, 0) is 24.1 Å². The van der Waals surface area contributed by atoms with Crippen molar-refractivity contribution in [2.45, 2.75) is 13.3 Å². The largest absolute Gasteiger partial charge is 0.482 e. The van der Waals surface area contributed by atoms with E-state index in [-0.39, 0.29) is 24.6 Å². The third kappa shape index (κ3) is 5.61. The molecule has 0 amide bonds. The van der Waals surface area contributed by atoms with Crippen molar-refractivity contribution < 1.29 is 19.3 Å². The minimum Gasteiger partial charge on any atom is -0.482 e. The number of nitrogens with two attached hydrogens (primary N) is 1. The van der Waals surface area contributed by atoms with Gasteiger partial charge < -0.3 is 15.3 Å². The lowest BCUT2D eigenvalue weighted by molar-refractivity contribution is -0.384. The van der Waals surface area contributed by atoms with Gasteiger partial charge in [-0.3, -0.25) is 10.1 Å². The Bertz CT molecular complexity index is 787. The zero-order valence-electron chi connectivity index (χ0n) is 13.5. The number of carbonyl (C=O) groups is 1. The van der Waals surface area contributed by atoms with Crippen molar-refractivity contribution in [1.29, 1.82) is 0 Å². The van der Waals surface area contributed by atoms with Gasteiger partial charge >= 0.3 is 5.97 Å². The van der Waals surface area contributed by atoms with Gasteiger partial charge in [0, 0.05) is 18.6 Å². The number of nitrogens with zero attached hydrogens (tertiary/aromatic N) is 2. The van der Waals surface area contributed by atoms with Crippen LogP contribution in [0.4, 0.5) is 5.69 Å². The van der Waals surface area contributed by atoms with E-state index in [0.717, 1.165) is 5.56 Å². The minimum atomic E-state index is -0.685. The summed E-state index contributed by atoms with van der Waals surface area (Å²) in [6.45, 7) is 1.57. The lowest BCUT2D eigenvalue weighted by Crippen LogP contribution is -2.19. The zero-order valence-corrected chi connectivity index (χ0v) is 13.5. The van der Waals surface area contributed by atoms with Crippen LogP contribution in [0.3, 0.4) is 0 Å². The average molecular weight is 343 g/mol. The number of amidine groups is 1. The first-order chi connectivity index (χ1) is 12.0. The summed E-state index contributed by atoms with van der Waals surface area (Å²) in [5, 5.41) is 14.1. The van der Waals surface area contributed by atoms with Gasteiger partial charge in [0.1, 0.15) is 11.6 Å². The van der Waals surface area contributed by atoms with Gasteiger partial charge in [-0.2, -0.15) is 0 Å². The highest BCUT2D eigenvalue weighted by molar-refractivity contribution is 5.83. The molecular formula is C17H17N3O5. The van der Waals surface area contributed by atoms with E-state index in [0.29, 0.717) is 11.3 Å². The Kier molecular flexibility index (Phi) is 6.05. The van der Waals surface area contributed by atoms with Crippen LogP contribution in [-0.2, 0) is 16.1 Å². The number of hydrogen-bond acceptors (Lipinski definition) is 6. The topological polar surface area (TPSA) is 117 Å². The standard InChI is InChI=1S/C17H17N3O5/c1-12-4-2-3-5-15(12)24-11-17(21)25-19-16(18)10-13-6-8-14(9-7-13)20(22)23/h2-9H,10-11H2,1H3,(H2,18,19). The first kappa shape index (κ1) is 17.9. The molecule has 130 valence electrons. The molecule has 0 aliphatic carbocycles. The van der Waals surface area contributed by atoms with Crippen molar-refractivity contribution >= 4 is 17.5 Å². The molecule has 0 saturated heterocycles. The van der Waals surface area contributed by atoms with Crippen molar-refractivity contribution in [1.82, 2.24) is 0 Å². The molecule has 0 bridgehead atoms. The maximum absolute atomic E-state index is 11.6. The number of aryl methyl sites for hydroxylation is 1. The molecule has 0 spiro atoms. The quantitative estimate of drug-likeness (QED) is 0.271. The number of carbonyl (C=O) groups excluding carboxylic acids is 1. The molecule has 0 unspecified atom stereocenters. The fraction of sp³-hybridized carbons (Fsp3) is 0.176. The molecule has 8 heteroatoms. The number of non-ortho nitro benzene ring substituents is 1. The van der Waals surface area contributed by atoms with Crippen LogP contribution in [0.2, 0.25) is 0 Å². The first-order valence-electron chi connectivity index (χ1n) is 7.39. The molecule has 2 aromatic rings. The van der Waals surface area contributed by atoms with E-state index in [4.69, 9.17) is 15.3 Å². The van der Waals surface area contributed by atoms with Crippen LogP contribution in [0.25, 0.3) is 0 Å². The number of nitro benzene ring substituents is 1. The number of oxime groups is 1. The maximum Gasteiger partial charge on any atom is 0.372 e. The summed E-state index contributed by atoms with van der Waals surface area (Å²) in [5.74, 6) is -0.0321. The molecule has 25 heavy (non-hydrogen) atoms. The van der Waals surface area contributed by atoms with Crippen LogP contribution in [0.1, 0.15) is 11.1 Å². The summed E-state index contributed by atoms with van der Waals surface area (Å²) in [5.41, 5.74) is 7.27. The van der Waals surface area contributed by atoms with E-state index >= 15 is 0 Å². The maximum atomic E-state index is 11.6. The lowest BCUT2D eigenvalue weighted by Gasteiger charge is -2.07. The van der Waals surface area contributed by atoms with E-state index in [1.165, 1.54) is 12.1 Å². The molecule has 0 fully saturated rings. The molecule has 0 heterocycles. The van der Waals surface area contributed by atoms with Crippen molar-refractivity contribution in [2.75, 3.05) is 6.61 Å². The highest BCUT2D eigenvalue weighted by Crippen LogP contribution is 2.16. The fourth-order valence-corrected chi connectivity index (χ4v) is 1.97. The Morgan fingerprint density at radius 3 is 2.52 bits per heavy atom. The number of para-hydroxylation sites is 1. The van der Waals surface area contributed by atoms with Crippen LogP contribution in [-0.4, -0.2) is 23.3 Å². The van der Waals surface area contributed by atoms with E-state index in [1.54, 1.807) is 24.3 Å². The summed E-state index contributed by atoms with van der Waals surface area (Å²) >= 11 is 0. The van der Waals surface area contributed by atoms with Gasteiger partial charge in [-0.1, -0.05) is 35.5 Å². The van der Waals surface area contributed by atoms with Crippen LogP contribution in [0.5, 0.6) is 5.75 Å². The third-order valence-electron chi connectivity index (χ3n) is 3.24. The molecule has 0 radical (unpaired) electrons. The summed E-state index contributed by atoms with van der Waals surface area (Å²) in [4.78, 5) is 26.4. The van der Waals surface area contributed by atoms with Gasteiger partial charge in [-0.25, -0.2) is 4.79 Å². The van der Waals surface area contributed by atoms with E-state index in [1.807, 2.05) is 19.1 Å². The summed E-state index contributed by atoms with van der Waals surface area (Å²) < 4.78 is 5.34. The SMILES string of the molecule is Cc1ccccc1OCC(=O)O/N=C(\N)Cc1ccc([N+](=O)[O-])cc1. The number of ether oxygens (including phenoxy) is 1. The van der Waals surface area contributed by atoms with Gasteiger partial charge in [0.2, 0.25) is 0 Å². The monoisotopic (exact) mass is 343 g/mol. The fourth-order valence-electron chi connectivity index (χ4n) is 1.97. The Labute approximate surface area is 144 Å². The Hall–Kier alpha value is -3.42. The molecule has 2 N–H and O–H groups in total. The lowest BCUT2D eigenvalue weighted by atomic mass is 10.1. The van der Waals surface area contributed by atoms with E-state index in [9.17, 15) is 14.9 Å². The average Bonchev–Trinajstić information content (AvgIpc) is 2.59. The second-order valence-electron chi connectivity index (χ2n) is 5.20. The van der Waals surface area contributed by atoms with Gasteiger partial charge in [-0.15, -0.1) is 0 Å². The van der Waals surface area contributed by atoms with Gasteiger partial charge in [0.15, 0.2) is 6.61 Å². The minimum absolute atomic E-state index is 0.0148. The number of hydrogen-bond donors (Lipinski definition) is 1. The third-order valence-corrected chi connectivity index (χ3v) is 3.24. The van der Waals surface area contributed by atoms with E-state index in [2.05, 4.69) is 5.16 Å². The highest BCUT2D eigenvalue weighted by atomic mass is 16.7. The molecule has 2 aromatic carbocycles. The summed E-state index contributed by atoms with van der Waals surface area (Å²) in [6.07, 6.45) is 0.198. The van der Waals surface area contributed by atoms with Crippen molar-refractivity contribution in [3.63, 3.8) is 0 Å². The van der Waals surface area contributed by atoms with Crippen LogP contribution < -0.4 is 10.5 Å². The number of benzene rings is 2. The van der Waals surface area contributed by atoms with Gasteiger partial charge in [0.05, 0.1) is 4.92 Å². The smallest absolute Gasteiger partial charge is 0.372 e. The molecule has 0 saturated carbocycles. The van der Waals surface area contributed by atoms with Crippen molar-refractivity contribution in [2.24, 2.45) is 10.9 Å². The molecule has 0 atom stereocenters. The van der Waals surface area contributed by atoms with Crippen LogP contribution >= 0.6 is 0 Å². The number of nitro groups is 1. The van der Waals surface area contributed by atoms with Crippen LogP contribution in [0, 0.1) is 17.0 Å². The second-order valence-corrected chi connectivity index (χ2v) is 5.20. The van der Waals surface area contributed by atoms with E-state index < -0.39 is 10.9 Å². The molecule has 8 nitrogen and oxygen atoms in total. The van der Waals surface area contributed by atoms with Crippen molar-refractivity contribution in [3.8, 4) is 5.75 Å². The summed E-state index contributed by atoms with van der Waals surface area (Å²) in [6, 6.07) is 13.1. The zero-order chi connectivity index (χ0) is 18.2. The molecule has 0 aromatic heterocycles.